The molecule has 0 spiro atoms. The number of aliphatic hydroxyl groups is 1. The SMILES string of the molecule is CC(C[P+](=O)CO)C(C)(N)C(=O)O. The maximum atomic E-state index is 10.9. The molecule has 4 N–H and O–H groups in total. The van der Waals surface area contributed by atoms with E-state index in [-0.39, 0.29) is 6.16 Å². The zero-order valence-corrected chi connectivity index (χ0v) is 8.62. The largest absolute Gasteiger partial charge is 0.480 e. The van der Waals surface area contributed by atoms with Gasteiger partial charge in [0.1, 0.15) is 5.54 Å². The van der Waals surface area contributed by atoms with E-state index in [1.54, 1.807) is 6.92 Å². The Bertz CT molecular complexity index is 217. The van der Waals surface area contributed by atoms with Gasteiger partial charge in [-0.3, -0.25) is 4.79 Å². The van der Waals surface area contributed by atoms with Crippen molar-refractivity contribution in [2.24, 2.45) is 11.7 Å². The highest BCUT2D eigenvalue weighted by molar-refractivity contribution is 7.44. The molecule has 0 radical (unpaired) electrons. The molecule has 0 aromatic carbocycles. The topological polar surface area (TPSA) is 101 Å². The van der Waals surface area contributed by atoms with E-state index >= 15 is 0 Å². The van der Waals surface area contributed by atoms with Gasteiger partial charge in [0.05, 0.1) is 0 Å². The predicted octanol–water partition coefficient (Wildman–Crippen LogP) is 0.202. The van der Waals surface area contributed by atoms with Gasteiger partial charge in [-0.15, -0.1) is 0 Å². The molecule has 76 valence electrons. The molecule has 0 aliphatic heterocycles. The Morgan fingerprint density at radius 3 is 2.46 bits per heavy atom. The van der Waals surface area contributed by atoms with E-state index in [0.29, 0.717) is 0 Å². The summed E-state index contributed by atoms with van der Waals surface area (Å²) in [6.45, 7) is 2.98. The van der Waals surface area contributed by atoms with E-state index in [0.717, 1.165) is 0 Å². The molecule has 0 amide bonds. The number of aliphatic hydroxyl groups excluding tert-OH is 1. The summed E-state index contributed by atoms with van der Waals surface area (Å²) in [6, 6.07) is 0. The van der Waals surface area contributed by atoms with Crippen LogP contribution < -0.4 is 5.73 Å². The van der Waals surface area contributed by atoms with E-state index in [1.807, 2.05) is 0 Å². The lowest BCUT2D eigenvalue weighted by molar-refractivity contribution is -0.144. The average molecular weight is 208 g/mol. The maximum Gasteiger partial charge on any atom is 0.367 e. The van der Waals surface area contributed by atoms with E-state index in [2.05, 4.69) is 0 Å². The fourth-order valence-corrected chi connectivity index (χ4v) is 1.87. The van der Waals surface area contributed by atoms with Crippen molar-refractivity contribution in [2.45, 2.75) is 19.4 Å². The minimum Gasteiger partial charge on any atom is -0.480 e. The van der Waals surface area contributed by atoms with Gasteiger partial charge in [0.2, 0.25) is 6.35 Å². The van der Waals surface area contributed by atoms with Crippen LogP contribution in [0.2, 0.25) is 0 Å². The van der Waals surface area contributed by atoms with Gasteiger partial charge in [-0.2, -0.15) is 0 Å². The molecule has 0 aliphatic rings. The minimum absolute atomic E-state index is 0.130. The molecule has 0 heterocycles. The summed E-state index contributed by atoms with van der Waals surface area (Å²) in [5, 5.41) is 17.2. The number of carboxylic acids is 1. The number of carboxylic acid groups (broad SMARTS) is 1. The normalized spacial score (nSPS) is 18.9. The third kappa shape index (κ3) is 3.38. The van der Waals surface area contributed by atoms with Crippen LogP contribution in [-0.2, 0) is 9.36 Å². The van der Waals surface area contributed by atoms with Gasteiger partial charge in [-0.1, -0.05) is 11.5 Å². The monoisotopic (exact) mass is 208 g/mol. The molecule has 0 aromatic heterocycles. The molecular weight excluding hydrogens is 193 g/mol. The predicted molar refractivity (Wildman–Crippen MR) is 49.0 cm³/mol. The summed E-state index contributed by atoms with van der Waals surface area (Å²) in [7, 11) is -1.74. The molecule has 0 saturated carbocycles. The lowest BCUT2D eigenvalue weighted by Gasteiger charge is -2.23. The zero-order valence-electron chi connectivity index (χ0n) is 7.73. The second-order valence-electron chi connectivity index (χ2n) is 3.29. The molecule has 0 saturated heterocycles. The van der Waals surface area contributed by atoms with Crippen molar-refractivity contribution >= 4 is 13.8 Å². The van der Waals surface area contributed by atoms with E-state index in [1.165, 1.54) is 6.92 Å². The summed E-state index contributed by atoms with van der Waals surface area (Å²) < 4.78 is 10.9. The summed E-state index contributed by atoms with van der Waals surface area (Å²) in [4.78, 5) is 10.6. The molecule has 5 nitrogen and oxygen atoms in total. The minimum atomic E-state index is -1.74. The van der Waals surface area contributed by atoms with Crippen molar-refractivity contribution in [1.82, 2.24) is 0 Å². The zero-order chi connectivity index (χ0) is 10.6. The summed E-state index contributed by atoms with van der Waals surface area (Å²) in [6.07, 6.45) is -0.291. The van der Waals surface area contributed by atoms with Gasteiger partial charge < -0.3 is 15.9 Å². The van der Waals surface area contributed by atoms with Crippen LogP contribution in [0.4, 0.5) is 0 Å². The van der Waals surface area contributed by atoms with E-state index in [4.69, 9.17) is 15.9 Å². The Kier molecular flexibility index (Phi) is 4.47. The van der Waals surface area contributed by atoms with Gasteiger partial charge >= 0.3 is 13.8 Å². The number of hydrogen-bond acceptors (Lipinski definition) is 4. The van der Waals surface area contributed by atoms with Crippen molar-refractivity contribution in [3.8, 4) is 0 Å². The molecule has 0 rings (SSSR count). The molecule has 0 bridgehead atoms. The van der Waals surface area contributed by atoms with Crippen molar-refractivity contribution in [3.63, 3.8) is 0 Å². The summed E-state index contributed by atoms with van der Waals surface area (Å²) in [5.41, 5.74) is 4.11. The first-order valence-corrected chi connectivity index (χ1v) is 5.50. The lowest BCUT2D eigenvalue weighted by atomic mass is 9.90. The lowest BCUT2D eigenvalue weighted by Crippen LogP contribution is -2.51. The first-order valence-electron chi connectivity index (χ1n) is 3.87. The number of hydrogen-bond donors (Lipinski definition) is 3. The fraction of sp³-hybridized carbons (Fsp3) is 0.857. The van der Waals surface area contributed by atoms with E-state index < -0.39 is 31.6 Å². The van der Waals surface area contributed by atoms with Gasteiger partial charge in [0.25, 0.3) is 0 Å². The quantitative estimate of drug-likeness (QED) is 0.560. The Hall–Kier alpha value is -0.510. The van der Waals surface area contributed by atoms with Crippen LogP contribution in [0.5, 0.6) is 0 Å². The van der Waals surface area contributed by atoms with Crippen LogP contribution >= 0.6 is 7.80 Å². The maximum absolute atomic E-state index is 10.9. The second kappa shape index (κ2) is 4.65. The van der Waals surface area contributed by atoms with E-state index in [9.17, 15) is 9.36 Å². The Balaban J connectivity index is 4.33. The molecule has 0 aliphatic carbocycles. The number of nitrogens with two attached hydrogens (primary N) is 1. The van der Waals surface area contributed by atoms with Crippen LogP contribution in [-0.4, -0.2) is 34.2 Å². The Morgan fingerprint density at radius 1 is 1.69 bits per heavy atom. The molecular formula is C7H15NO4P+. The van der Waals surface area contributed by atoms with Crippen LogP contribution in [0, 0.1) is 5.92 Å². The highest BCUT2D eigenvalue weighted by Crippen LogP contribution is 2.27. The number of carbonyl (C=O) groups is 1. The smallest absolute Gasteiger partial charge is 0.367 e. The van der Waals surface area contributed by atoms with Crippen LogP contribution in [0.1, 0.15) is 13.8 Å². The summed E-state index contributed by atoms with van der Waals surface area (Å²) >= 11 is 0. The van der Waals surface area contributed by atoms with Crippen molar-refractivity contribution in [2.75, 3.05) is 12.5 Å². The van der Waals surface area contributed by atoms with Crippen molar-refractivity contribution in [1.29, 1.82) is 0 Å². The molecule has 3 unspecified atom stereocenters. The second-order valence-corrected chi connectivity index (χ2v) is 4.91. The molecule has 3 atom stereocenters. The van der Waals surface area contributed by atoms with Crippen LogP contribution in [0.15, 0.2) is 0 Å². The van der Waals surface area contributed by atoms with Crippen LogP contribution in [0.25, 0.3) is 0 Å². The third-order valence-corrected chi connectivity index (χ3v) is 3.39. The standard InChI is InChI=1S/C7H14NO4P/c1-5(3-13(12)4-9)7(2,8)6(10)11/h5,9H,3-4,8H2,1-2H3/p+1. The van der Waals surface area contributed by atoms with Gasteiger partial charge in [-0.25, -0.2) is 0 Å². The molecule has 6 heteroatoms. The van der Waals surface area contributed by atoms with Crippen molar-refractivity contribution < 1.29 is 19.6 Å². The highest BCUT2D eigenvalue weighted by Gasteiger charge is 2.38. The van der Waals surface area contributed by atoms with Gasteiger partial charge in [0, 0.05) is 5.92 Å². The van der Waals surface area contributed by atoms with Gasteiger partial charge in [0.15, 0.2) is 6.16 Å². The van der Waals surface area contributed by atoms with Gasteiger partial charge in [-0.05, 0) is 6.92 Å². The first kappa shape index (κ1) is 12.5. The summed E-state index contributed by atoms with van der Waals surface area (Å²) in [5.74, 6) is -1.55. The fourth-order valence-electron chi connectivity index (χ4n) is 0.764. The molecule has 0 fully saturated rings. The Labute approximate surface area is 77.7 Å². The highest BCUT2D eigenvalue weighted by atomic mass is 31.1. The third-order valence-electron chi connectivity index (χ3n) is 2.12. The van der Waals surface area contributed by atoms with Crippen molar-refractivity contribution in [3.05, 3.63) is 0 Å². The number of aliphatic carboxylic acids is 1. The number of rotatable bonds is 5. The average Bonchev–Trinajstić information content (AvgIpc) is 2.03. The molecule has 0 aromatic rings. The van der Waals surface area contributed by atoms with Crippen LogP contribution in [0.3, 0.4) is 0 Å². The Morgan fingerprint density at radius 2 is 2.15 bits per heavy atom. The molecule has 13 heavy (non-hydrogen) atoms. The first-order chi connectivity index (χ1) is 5.82.